The van der Waals surface area contributed by atoms with Gasteiger partial charge in [-0.15, -0.1) is 0 Å². The smallest absolute Gasteiger partial charge is 0.258 e. The number of amides is 1. The summed E-state index contributed by atoms with van der Waals surface area (Å²) < 4.78 is 0. The Morgan fingerprint density at radius 1 is 0.958 bits per heavy atom. The van der Waals surface area contributed by atoms with Gasteiger partial charge in [-0.05, 0) is 48.6 Å². The van der Waals surface area contributed by atoms with E-state index in [9.17, 15) is 14.7 Å². The van der Waals surface area contributed by atoms with Gasteiger partial charge in [0.25, 0.3) is 5.91 Å². The number of rotatable bonds is 3. The molecule has 0 aliphatic rings. The Hall–Kier alpha value is -1.86. The molecular weight excluding hydrogens is 395 g/mol. The van der Waals surface area contributed by atoms with Crippen LogP contribution in [0, 0.1) is 0 Å². The zero-order valence-electron chi connectivity index (χ0n) is 11.7. The SMILES string of the molecule is O=C([O-])c1cc(NC(=S)NC(=O)c2ccc(Cl)cc2Cl)ccc1Cl. The average molecular weight is 403 g/mol. The van der Waals surface area contributed by atoms with E-state index in [-0.39, 0.29) is 26.3 Å². The maximum atomic E-state index is 12.1. The van der Waals surface area contributed by atoms with Crippen LogP contribution in [-0.4, -0.2) is 17.0 Å². The van der Waals surface area contributed by atoms with Gasteiger partial charge in [-0.3, -0.25) is 10.1 Å². The van der Waals surface area contributed by atoms with E-state index in [1.807, 2.05) is 0 Å². The van der Waals surface area contributed by atoms with E-state index < -0.39 is 11.9 Å². The Bertz CT molecular complexity index is 843. The molecule has 0 radical (unpaired) electrons. The van der Waals surface area contributed by atoms with Crippen LogP contribution in [0.15, 0.2) is 36.4 Å². The first-order valence-electron chi connectivity index (χ1n) is 6.36. The maximum absolute atomic E-state index is 12.1. The summed E-state index contributed by atoms with van der Waals surface area (Å²) in [5, 5.41) is 16.6. The summed E-state index contributed by atoms with van der Waals surface area (Å²) in [6.45, 7) is 0. The third-order valence-electron chi connectivity index (χ3n) is 2.85. The highest BCUT2D eigenvalue weighted by Gasteiger charge is 2.13. The molecule has 0 spiro atoms. The molecule has 0 aromatic heterocycles. The predicted octanol–water partition coefficient (Wildman–Crippen LogP) is 3.14. The van der Waals surface area contributed by atoms with Crippen molar-refractivity contribution in [2.24, 2.45) is 0 Å². The van der Waals surface area contributed by atoms with Crippen molar-refractivity contribution in [3.05, 3.63) is 62.6 Å². The molecule has 0 saturated heterocycles. The molecule has 1 amide bonds. The second-order valence-corrected chi connectivity index (χ2v) is 6.17. The summed E-state index contributed by atoms with van der Waals surface area (Å²) >= 11 is 22.5. The Labute approximate surface area is 157 Å². The van der Waals surface area contributed by atoms with Gasteiger partial charge in [0.05, 0.1) is 16.6 Å². The maximum Gasteiger partial charge on any atom is 0.258 e. The highest BCUT2D eigenvalue weighted by Crippen LogP contribution is 2.22. The van der Waals surface area contributed by atoms with E-state index in [0.29, 0.717) is 10.7 Å². The zero-order chi connectivity index (χ0) is 17.9. The number of anilines is 1. The highest BCUT2D eigenvalue weighted by atomic mass is 35.5. The molecule has 24 heavy (non-hydrogen) atoms. The number of aromatic carboxylic acids is 1. The van der Waals surface area contributed by atoms with Crippen molar-refractivity contribution in [2.75, 3.05) is 5.32 Å². The van der Waals surface area contributed by atoms with Gasteiger partial charge in [-0.2, -0.15) is 0 Å². The van der Waals surface area contributed by atoms with Crippen molar-refractivity contribution in [3.8, 4) is 0 Å². The molecule has 0 saturated carbocycles. The van der Waals surface area contributed by atoms with Gasteiger partial charge in [-0.25, -0.2) is 0 Å². The molecule has 9 heteroatoms. The molecule has 0 unspecified atom stereocenters. The van der Waals surface area contributed by atoms with Crippen LogP contribution in [0.2, 0.25) is 15.1 Å². The fourth-order valence-corrected chi connectivity index (χ4v) is 2.67. The van der Waals surface area contributed by atoms with Gasteiger partial charge >= 0.3 is 0 Å². The minimum Gasteiger partial charge on any atom is -0.545 e. The molecule has 0 fully saturated rings. The number of hydrogen-bond donors (Lipinski definition) is 2. The number of halogens is 3. The van der Waals surface area contributed by atoms with Crippen molar-refractivity contribution in [2.45, 2.75) is 0 Å². The van der Waals surface area contributed by atoms with E-state index >= 15 is 0 Å². The summed E-state index contributed by atoms with van der Waals surface area (Å²) in [5.41, 5.74) is 0.319. The molecule has 2 rings (SSSR count). The standard InChI is InChI=1S/C15H9Cl3N2O3S/c16-7-1-3-9(12(18)5-7)13(21)20-15(24)19-8-2-4-11(17)10(6-8)14(22)23/h1-6H,(H,22,23)(H2,19,20,21,24)/p-1. The molecule has 0 aliphatic carbocycles. The predicted molar refractivity (Wildman–Crippen MR) is 95.9 cm³/mol. The first kappa shape index (κ1) is 18.5. The largest absolute Gasteiger partial charge is 0.545 e. The number of benzene rings is 2. The zero-order valence-corrected chi connectivity index (χ0v) is 14.8. The second-order valence-electron chi connectivity index (χ2n) is 4.51. The van der Waals surface area contributed by atoms with Crippen LogP contribution < -0.4 is 15.7 Å². The Morgan fingerprint density at radius 3 is 2.29 bits per heavy atom. The average Bonchev–Trinajstić information content (AvgIpc) is 2.48. The number of thiocarbonyl (C=S) groups is 1. The van der Waals surface area contributed by atoms with Crippen LogP contribution in [-0.2, 0) is 0 Å². The highest BCUT2D eigenvalue weighted by molar-refractivity contribution is 7.80. The first-order chi connectivity index (χ1) is 11.3. The lowest BCUT2D eigenvalue weighted by molar-refractivity contribution is -0.255. The Kier molecular flexibility index (Phi) is 6.01. The van der Waals surface area contributed by atoms with E-state index in [0.717, 1.165) is 0 Å². The lowest BCUT2D eigenvalue weighted by Crippen LogP contribution is -2.34. The fraction of sp³-hybridized carbons (Fsp3) is 0. The molecule has 2 aromatic rings. The topological polar surface area (TPSA) is 81.3 Å². The van der Waals surface area contributed by atoms with Crippen molar-refractivity contribution >= 4 is 69.7 Å². The van der Waals surface area contributed by atoms with Gasteiger partial charge in [0, 0.05) is 21.3 Å². The van der Waals surface area contributed by atoms with Crippen LogP contribution in [0.4, 0.5) is 5.69 Å². The van der Waals surface area contributed by atoms with Crippen molar-refractivity contribution in [3.63, 3.8) is 0 Å². The Balaban J connectivity index is 2.09. The van der Waals surface area contributed by atoms with E-state index in [4.69, 9.17) is 47.0 Å². The molecule has 0 heterocycles. The normalized spacial score (nSPS) is 10.1. The van der Waals surface area contributed by atoms with Crippen molar-refractivity contribution in [1.82, 2.24) is 5.32 Å². The van der Waals surface area contributed by atoms with Crippen LogP contribution in [0.25, 0.3) is 0 Å². The molecular formula is C15H8Cl3N2O3S-. The van der Waals surface area contributed by atoms with Gasteiger partial charge in [0.15, 0.2) is 5.11 Å². The molecule has 2 aromatic carbocycles. The lowest BCUT2D eigenvalue weighted by Gasteiger charge is -2.12. The second kappa shape index (κ2) is 7.81. The number of nitrogens with one attached hydrogen (secondary N) is 2. The van der Waals surface area contributed by atoms with E-state index in [1.54, 1.807) is 0 Å². The molecule has 5 nitrogen and oxygen atoms in total. The number of carboxylic acid groups (broad SMARTS) is 1. The molecule has 0 atom stereocenters. The van der Waals surface area contributed by atoms with Crippen LogP contribution in [0.3, 0.4) is 0 Å². The van der Waals surface area contributed by atoms with Gasteiger partial charge in [0.2, 0.25) is 0 Å². The Morgan fingerprint density at radius 2 is 1.67 bits per heavy atom. The summed E-state index contributed by atoms with van der Waals surface area (Å²) in [5.74, 6) is -1.96. The quantitative estimate of drug-likeness (QED) is 0.771. The number of carbonyl (C=O) groups excluding carboxylic acids is 2. The number of hydrogen-bond acceptors (Lipinski definition) is 4. The minimum absolute atomic E-state index is 0.0310. The summed E-state index contributed by atoms with van der Waals surface area (Å²) in [4.78, 5) is 23.1. The monoisotopic (exact) mass is 401 g/mol. The van der Waals surface area contributed by atoms with Crippen molar-refractivity contribution in [1.29, 1.82) is 0 Å². The van der Waals surface area contributed by atoms with Crippen LogP contribution >= 0.6 is 47.0 Å². The van der Waals surface area contributed by atoms with Crippen LogP contribution in [0.1, 0.15) is 20.7 Å². The number of carboxylic acids is 1. The summed E-state index contributed by atoms with van der Waals surface area (Å²) in [7, 11) is 0. The fourth-order valence-electron chi connectivity index (χ4n) is 1.77. The third kappa shape index (κ3) is 4.58. The van der Waals surface area contributed by atoms with Gasteiger partial charge in [0.1, 0.15) is 0 Å². The summed E-state index contributed by atoms with van der Waals surface area (Å²) in [6.07, 6.45) is 0. The van der Waals surface area contributed by atoms with Gasteiger partial charge in [-0.1, -0.05) is 34.8 Å². The molecule has 2 N–H and O–H groups in total. The number of carbonyl (C=O) groups is 2. The molecule has 0 bridgehead atoms. The lowest BCUT2D eigenvalue weighted by atomic mass is 10.2. The first-order valence-corrected chi connectivity index (χ1v) is 7.90. The minimum atomic E-state index is -1.42. The molecule has 0 aliphatic heterocycles. The third-order valence-corrected chi connectivity index (χ3v) is 3.93. The van der Waals surface area contributed by atoms with Crippen LogP contribution in [0.5, 0.6) is 0 Å². The van der Waals surface area contributed by atoms with Crippen molar-refractivity contribution < 1.29 is 14.7 Å². The molecule has 124 valence electrons. The summed E-state index contributed by atoms with van der Waals surface area (Å²) in [6, 6.07) is 8.52. The van der Waals surface area contributed by atoms with Gasteiger partial charge < -0.3 is 15.2 Å². The van der Waals surface area contributed by atoms with E-state index in [1.165, 1.54) is 36.4 Å². The van der Waals surface area contributed by atoms with E-state index in [2.05, 4.69) is 10.6 Å².